The maximum absolute atomic E-state index is 12.6. The van der Waals surface area contributed by atoms with Gasteiger partial charge >= 0.3 is 0 Å². The van der Waals surface area contributed by atoms with E-state index in [1.54, 1.807) is 0 Å². The van der Waals surface area contributed by atoms with Crippen LogP contribution in [0.25, 0.3) is 0 Å². The topological polar surface area (TPSA) is 79.0 Å². The number of nitrogens with one attached hydrogen (secondary N) is 2. The summed E-state index contributed by atoms with van der Waals surface area (Å²) in [6.45, 7) is 5.82. The van der Waals surface area contributed by atoms with Gasteiger partial charge in [0.2, 0.25) is 0 Å². The van der Waals surface area contributed by atoms with E-state index in [1.165, 1.54) is 6.07 Å². The minimum absolute atomic E-state index is 0.0238. The fourth-order valence-corrected chi connectivity index (χ4v) is 3.30. The number of Topliss-reactive ketones (excluding diaryl/α,β-unsaturated/α-hetero) is 1. The standard InChI is InChI=1S/C19H20N2O3/c1-10-7-11(2)17(12(3)8-10)21-19(24)14-9-13-15(20-18(14)23)5-4-6-16(13)22/h7-9H,4-6H2,1-3H3,(H,20,23)(H,21,24). The van der Waals surface area contributed by atoms with Crippen LogP contribution >= 0.6 is 0 Å². The number of hydrogen-bond donors (Lipinski definition) is 2. The van der Waals surface area contributed by atoms with Crippen LogP contribution in [0.5, 0.6) is 0 Å². The summed E-state index contributed by atoms with van der Waals surface area (Å²) in [4.78, 5) is 39.5. The Morgan fingerprint density at radius 2 is 1.71 bits per heavy atom. The van der Waals surface area contributed by atoms with Gasteiger partial charge in [0.1, 0.15) is 5.56 Å². The largest absolute Gasteiger partial charge is 0.325 e. The molecule has 0 bridgehead atoms. The molecule has 1 aromatic carbocycles. The monoisotopic (exact) mass is 324 g/mol. The molecule has 0 fully saturated rings. The summed E-state index contributed by atoms with van der Waals surface area (Å²) in [7, 11) is 0. The van der Waals surface area contributed by atoms with Crippen LogP contribution in [0, 0.1) is 20.8 Å². The summed E-state index contributed by atoms with van der Waals surface area (Å²) in [5, 5.41) is 2.81. The molecule has 0 radical (unpaired) electrons. The van der Waals surface area contributed by atoms with Crippen molar-refractivity contribution in [2.24, 2.45) is 0 Å². The molecule has 0 saturated carbocycles. The van der Waals surface area contributed by atoms with Crippen LogP contribution in [-0.4, -0.2) is 16.7 Å². The molecule has 1 amide bonds. The maximum Gasteiger partial charge on any atom is 0.261 e. The SMILES string of the molecule is Cc1cc(C)c(NC(=O)c2cc3c([nH]c2=O)CCCC3=O)c(C)c1. The lowest BCUT2D eigenvalue weighted by molar-refractivity contribution is 0.0971. The molecule has 0 unspecified atom stereocenters. The first-order chi connectivity index (χ1) is 11.4. The number of benzene rings is 1. The number of hydrogen-bond acceptors (Lipinski definition) is 3. The van der Waals surface area contributed by atoms with Crippen molar-refractivity contribution < 1.29 is 9.59 Å². The smallest absolute Gasteiger partial charge is 0.261 e. The Bertz CT molecular complexity index is 886. The number of aryl methyl sites for hydroxylation is 4. The van der Waals surface area contributed by atoms with Crippen molar-refractivity contribution in [2.45, 2.75) is 40.0 Å². The molecule has 24 heavy (non-hydrogen) atoms. The van der Waals surface area contributed by atoms with Gasteiger partial charge in [-0.15, -0.1) is 0 Å². The van der Waals surface area contributed by atoms with E-state index >= 15 is 0 Å². The average Bonchev–Trinajstić information content (AvgIpc) is 2.50. The number of carbonyl (C=O) groups is 2. The van der Waals surface area contributed by atoms with E-state index < -0.39 is 11.5 Å². The zero-order valence-electron chi connectivity index (χ0n) is 14.1. The number of fused-ring (bicyclic) bond motifs is 1. The summed E-state index contributed by atoms with van der Waals surface area (Å²) < 4.78 is 0. The number of rotatable bonds is 2. The van der Waals surface area contributed by atoms with Crippen LogP contribution in [0.4, 0.5) is 5.69 Å². The van der Waals surface area contributed by atoms with Crippen LogP contribution in [-0.2, 0) is 6.42 Å². The van der Waals surface area contributed by atoms with Gasteiger partial charge in [-0.1, -0.05) is 17.7 Å². The highest BCUT2D eigenvalue weighted by atomic mass is 16.2. The number of pyridine rings is 1. The molecule has 1 heterocycles. The van der Waals surface area contributed by atoms with Crippen molar-refractivity contribution in [3.05, 3.63) is 62.1 Å². The summed E-state index contributed by atoms with van der Waals surface area (Å²) in [5.41, 5.74) is 4.30. The second-order valence-electron chi connectivity index (χ2n) is 6.41. The molecule has 0 spiro atoms. The van der Waals surface area contributed by atoms with Gasteiger partial charge < -0.3 is 10.3 Å². The van der Waals surface area contributed by atoms with E-state index in [4.69, 9.17) is 0 Å². The molecule has 1 aromatic heterocycles. The third-order valence-electron chi connectivity index (χ3n) is 4.41. The van der Waals surface area contributed by atoms with Crippen molar-refractivity contribution in [3.8, 4) is 0 Å². The Morgan fingerprint density at radius 1 is 1.04 bits per heavy atom. The Balaban J connectivity index is 1.98. The first kappa shape index (κ1) is 16.2. The fourth-order valence-electron chi connectivity index (χ4n) is 3.30. The molecular weight excluding hydrogens is 304 g/mol. The van der Waals surface area contributed by atoms with E-state index in [-0.39, 0.29) is 11.3 Å². The van der Waals surface area contributed by atoms with Gasteiger partial charge in [0, 0.05) is 23.4 Å². The number of H-pyrrole nitrogens is 1. The second kappa shape index (κ2) is 6.07. The second-order valence-corrected chi connectivity index (χ2v) is 6.41. The highest BCUT2D eigenvalue weighted by Gasteiger charge is 2.22. The van der Waals surface area contributed by atoms with Gasteiger partial charge in [-0.05, 0) is 50.8 Å². The van der Waals surface area contributed by atoms with Crippen LogP contribution < -0.4 is 10.9 Å². The molecule has 5 heteroatoms. The number of aromatic amines is 1. The third kappa shape index (κ3) is 2.89. The zero-order chi connectivity index (χ0) is 17.4. The summed E-state index contributed by atoms with van der Waals surface area (Å²) in [5.74, 6) is -0.517. The first-order valence-corrected chi connectivity index (χ1v) is 8.05. The number of amides is 1. The van der Waals surface area contributed by atoms with Crippen molar-refractivity contribution in [3.63, 3.8) is 0 Å². The van der Waals surface area contributed by atoms with E-state index in [9.17, 15) is 14.4 Å². The predicted molar refractivity (Wildman–Crippen MR) is 92.9 cm³/mol. The Kier molecular flexibility index (Phi) is 4.09. The van der Waals surface area contributed by atoms with Crippen molar-refractivity contribution >= 4 is 17.4 Å². The fraction of sp³-hybridized carbons (Fsp3) is 0.316. The zero-order valence-corrected chi connectivity index (χ0v) is 14.1. The van der Waals surface area contributed by atoms with Crippen molar-refractivity contribution in [2.75, 3.05) is 5.32 Å². The van der Waals surface area contributed by atoms with Crippen LogP contribution in [0.15, 0.2) is 23.0 Å². The molecular formula is C19H20N2O3. The first-order valence-electron chi connectivity index (χ1n) is 8.05. The normalized spacial score (nSPS) is 13.5. The van der Waals surface area contributed by atoms with E-state index in [2.05, 4.69) is 10.3 Å². The number of carbonyl (C=O) groups excluding carboxylic acids is 2. The van der Waals surface area contributed by atoms with E-state index in [0.717, 1.165) is 23.1 Å². The average molecular weight is 324 g/mol. The van der Waals surface area contributed by atoms with E-state index in [0.29, 0.717) is 29.8 Å². The molecule has 0 saturated heterocycles. The molecule has 2 aromatic rings. The highest BCUT2D eigenvalue weighted by molar-refractivity contribution is 6.07. The van der Waals surface area contributed by atoms with Crippen molar-refractivity contribution in [1.82, 2.24) is 4.98 Å². The van der Waals surface area contributed by atoms with Gasteiger partial charge in [-0.25, -0.2) is 0 Å². The maximum atomic E-state index is 12.6. The van der Waals surface area contributed by atoms with Crippen LogP contribution in [0.2, 0.25) is 0 Å². The number of aromatic nitrogens is 1. The van der Waals surface area contributed by atoms with Gasteiger partial charge in [0.05, 0.1) is 0 Å². The Labute approximate surface area is 140 Å². The Hall–Kier alpha value is -2.69. The lowest BCUT2D eigenvalue weighted by atomic mass is 9.93. The molecule has 124 valence electrons. The molecule has 5 nitrogen and oxygen atoms in total. The quantitative estimate of drug-likeness (QED) is 0.891. The minimum atomic E-state index is -0.493. The van der Waals surface area contributed by atoms with Gasteiger partial charge in [0.25, 0.3) is 11.5 Å². The van der Waals surface area contributed by atoms with Gasteiger partial charge in [-0.3, -0.25) is 14.4 Å². The third-order valence-corrected chi connectivity index (χ3v) is 4.41. The lowest BCUT2D eigenvalue weighted by Crippen LogP contribution is -2.27. The van der Waals surface area contributed by atoms with Gasteiger partial charge in [-0.2, -0.15) is 0 Å². The molecule has 1 aliphatic rings. The molecule has 0 atom stereocenters. The van der Waals surface area contributed by atoms with Crippen molar-refractivity contribution in [1.29, 1.82) is 0 Å². The molecule has 0 aliphatic heterocycles. The minimum Gasteiger partial charge on any atom is -0.325 e. The lowest BCUT2D eigenvalue weighted by Gasteiger charge is -2.16. The number of ketones is 1. The Morgan fingerprint density at radius 3 is 2.38 bits per heavy atom. The van der Waals surface area contributed by atoms with Crippen LogP contribution in [0.1, 0.15) is 55.9 Å². The summed E-state index contributed by atoms with van der Waals surface area (Å²) in [6.07, 6.45) is 1.85. The van der Waals surface area contributed by atoms with E-state index in [1.807, 2.05) is 32.9 Å². The molecule has 3 rings (SSSR count). The van der Waals surface area contributed by atoms with Crippen LogP contribution in [0.3, 0.4) is 0 Å². The molecule has 1 aliphatic carbocycles. The predicted octanol–water partition coefficient (Wildman–Crippen LogP) is 3.07. The number of anilines is 1. The molecule has 2 N–H and O–H groups in total. The summed E-state index contributed by atoms with van der Waals surface area (Å²) >= 11 is 0. The van der Waals surface area contributed by atoms with Gasteiger partial charge in [0.15, 0.2) is 5.78 Å². The highest BCUT2D eigenvalue weighted by Crippen LogP contribution is 2.23. The summed E-state index contributed by atoms with van der Waals surface area (Å²) in [6, 6.07) is 5.39.